The van der Waals surface area contributed by atoms with Gasteiger partial charge in [0, 0.05) is 11.1 Å². The third kappa shape index (κ3) is 3.70. The Kier molecular flexibility index (Phi) is 4.94. The zero-order valence-electron chi connectivity index (χ0n) is 13.6. The first-order valence-corrected chi connectivity index (χ1v) is 7.93. The molecule has 26 heavy (non-hydrogen) atoms. The SMILES string of the molecule is CC(OC(=O)c1ccc(-n2cncn2)c([N+](=O)[O-])c1)c1ccc(Cl)cc1. The molecule has 3 aromatic rings. The smallest absolute Gasteiger partial charge is 0.338 e. The van der Waals surface area contributed by atoms with Crippen molar-refractivity contribution in [1.29, 1.82) is 0 Å². The van der Waals surface area contributed by atoms with Gasteiger partial charge in [-0.1, -0.05) is 23.7 Å². The molecule has 0 aliphatic carbocycles. The highest BCUT2D eigenvalue weighted by molar-refractivity contribution is 6.30. The Balaban J connectivity index is 1.84. The van der Waals surface area contributed by atoms with Gasteiger partial charge in [-0.05, 0) is 36.8 Å². The van der Waals surface area contributed by atoms with E-state index in [-0.39, 0.29) is 16.9 Å². The van der Waals surface area contributed by atoms with Crippen LogP contribution in [0.2, 0.25) is 5.02 Å². The van der Waals surface area contributed by atoms with Crippen LogP contribution in [-0.2, 0) is 4.74 Å². The number of hydrogen-bond donors (Lipinski definition) is 0. The predicted molar refractivity (Wildman–Crippen MR) is 93.3 cm³/mol. The third-order valence-electron chi connectivity index (χ3n) is 3.70. The van der Waals surface area contributed by atoms with Gasteiger partial charge in [-0.25, -0.2) is 14.5 Å². The number of aromatic nitrogens is 3. The molecule has 0 saturated heterocycles. The molecule has 1 heterocycles. The number of carbonyl (C=O) groups excluding carboxylic acids is 1. The summed E-state index contributed by atoms with van der Waals surface area (Å²) in [6.45, 7) is 1.71. The first-order valence-electron chi connectivity index (χ1n) is 7.55. The Morgan fingerprint density at radius 2 is 2.00 bits per heavy atom. The van der Waals surface area contributed by atoms with E-state index in [4.69, 9.17) is 16.3 Å². The van der Waals surface area contributed by atoms with Crippen LogP contribution in [0.3, 0.4) is 0 Å². The molecule has 0 amide bonds. The highest BCUT2D eigenvalue weighted by atomic mass is 35.5. The molecule has 0 radical (unpaired) electrons. The summed E-state index contributed by atoms with van der Waals surface area (Å²) >= 11 is 5.84. The Morgan fingerprint density at radius 1 is 1.27 bits per heavy atom. The number of nitro benzene ring substituents is 1. The van der Waals surface area contributed by atoms with Crippen molar-refractivity contribution in [3.8, 4) is 5.69 Å². The number of hydrogen-bond acceptors (Lipinski definition) is 6. The van der Waals surface area contributed by atoms with Crippen LogP contribution in [0.4, 0.5) is 5.69 Å². The van der Waals surface area contributed by atoms with E-state index in [0.717, 1.165) is 11.6 Å². The largest absolute Gasteiger partial charge is 0.454 e. The minimum atomic E-state index is -0.666. The molecule has 0 N–H and O–H groups in total. The van der Waals surface area contributed by atoms with Crippen molar-refractivity contribution in [2.24, 2.45) is 0 Å². The van der Waals surface area contributed by atoms with E-state index < -0.39 is 17.0 Å². The lowest BCUT2D eigenvalue weighted by molar-refractivity contribution is -0.384. The fourth-order valence-corrected chi connectivity index (χ4v) is 2.48. The topological polar surface area (TPSA) is 100 Å². The van der Waals surface area contributed by atoms with E-state index in [0.29, 0.717) is 5.02 Å². The molecule has 1 unspecified atom stereocenters. The van der Waals surface area contributed by atoms with Gasteiger partial charge in [-0.2, -0.15) is 5.10 Å². The van der Waals surface area contributed by atoms with Crippen LogP contribution >= 0.6 is 11.6 Å². The molecule has 1 atom stereocenters. The Labute approximate surface area is 153 Å². The van der Waals surface area contributed by atoms with Crippen molar-refractivity contribution in [2.45, 2.75) is 13.0 Å². The van der Waals surface area contributed by atoms with Gasteiger partial charge in [-0.15, -0.1) is 0 Å². The second-order valence-electron chi connectivity index (χ2n) is 5.40. The summed E-state index contributed by atoms with van der Waals surface area (Å²) in [4.78, 5) is 26.9. The minimum absolute atomic E-state index is 0.0707. The van der Waals surface area contributed by atoms with E-state index in [1.54, 1.807) is 31.2 Å². The second-order valence-corrected chi connectivity index (χ2v) is 5.84. The fourth-order valence-electron chi connectivity index (χ4n) is 2.35. The van der Waals surface area contributed by atoms with Gasteiger partial charge >= 0.3 is 5.97 Å². The Morgan fingerprint density at radius 3 is 2.62 bits per heavy atom. The number of halogens is 1. The molecule has 1 aromatic heterocycles. The molecule has 0 aliphatic heterocycles. The van der Waals surface area contributed by atoms with Crippen molar-refractivity contribution in [1.82, 2.24) is 14.8 Å². The third-order valence-corrected chi connectivity index (χ3v) is 3.95. The van der Waals surface area contributed by atoms with E-state index in [2.05, 4.69) is 10.1 Å². The monoisotopic (exact) mass is 372 g/mol. The molecule has 8 nitrogen and oxygen atoms in total. The first-order chi connectivity index (χ1) is 12.5. The van der Waals surface area contributed by atoms with E-state index >= 15 is 0 Å². The number of nitro groups is 1. The number of rotatable bonds is 5. The van der Waals surface area contributed by atoms with E-state index in [1.165, 1.54) is 29.5 Å². The highest BCUT2D eigenvalue weighted by Gasteiger charge is 2.21. The second kappa shape index (κ2) is 7.32. The van der Waals surface area contributed by atoms with E-state index in [1.807, 2.05) is 0 Å². The highest BCUT2D eigenvalue weighted by Crippen LogP contribution is 2.26. The van der Waals surface area contributed by atoms with Crippen molar-refractivity contribution in [3.05, 3.63) is 81.4 Å². The van der Waals surface area contributed by atoms with Crippen molar-refractivity contribution in [3.63, 3.8) is 0 Å². The van der Waals surface area contributed by atoms with E-state index in [9.17, 15) is 14.9 Å². The molecule has 0 fully saturated rings. The lowest BCUT2D eigenvalue weighted by Gasteiger charge is -2.14. The zero-order chi connectivity index (χ0) is 18.7. The summed E-state index contributed by atoms with van der Waals surface area (Å²) < 4.78 is 6.64. The van der Waals surface area contributed by atoms with Gasteiger partial charge in [0.15, 0.2) is 0 Å². The lowest BCUT2D eigenvalue weighted by atomic mass is 10.1. The van der Waals surface area contributed by atoms with Crippen LogP contribution in [0.1, 0.15) is 28.9 Å². The fraction of sp³-hybridized carbons (Fsp3) is 0.118. The van der Waals surface area contributed by atoms with Gasteiger partial charge in [-0.3, -0.25) is 10.1 Å². The maximum Gasteiger partial charge on any atom is 0.338 e. The summed E-state index contributed by atoms with van der Waals surface area (Å²) in [5.74, 6) is -0.666. The van der Waals surface area contributed by atoms with Crippen molar-refractivity contribution >= 4 is 23.3 Å². The summed E-state index contributed by atoms with van der Waals surface area (Å²) in [5, 5.41) is 15.8. The quantitative estimate of drug-likeness (QED) is 0.384. The molecule has 2 aromatic carbocycles. The van der Waals surface area contributed by atoms with Crippen LogP contribution < -0.4 is 0 Å². The average Bonchev–Trinajstić information content (AvgIpc) is 3.16. The van der Waals surface area contributed by atoms with Crippen LogP contribution in [0.15, 0.2) is 55.1 Å². The van der Waals surface area contributed by atoms with Crippen LogP contribution in [0.25, 0.3) is 5.69 Å². The first kappa shape index (κ1) is 17.6. The number of carbonyl (C=O) groups is 1. The molecule has 0 saturated carbocycles. The summed E-state index contributed by atoms with van der Waals surface area (Å²) in [7, 11) is 0. The van der Waals surface area contributed by atoms with Crippen molar-refractivity contribution < 1.29 is 14.5 Å². The molecule has 0 bridgehead atoms. The average molecular weight is 373 g/mol. The predicted octanol–water partition coefficient (Wildman–Crippen LogP) is 3.75. The van der Waals surface area contributed by atoms with Gasteiger partial charge in [0.1, 0.15) is 24.4 Å². The van der Waals surface area contributed by atoms with Crippen LogP contribution in [0, 0.1) is 10.1 Å². The maximum atomic E-state index is 12.4. The molecular weight excluding hydrogens is 360 g/mol. The normalized spacial score (nSPS) is 11.8. The summed E-state index contributed by atoms with van der Waals surface area (Å²) in [5.41, 5.74) is 0.761. The molecule has 3 rings (SSSR count). The van der Waals surface area contributed by atoms with Crippen LogP contribution in [-0.4, -0.2) is 25.7 Å². The Bertz CT molecular complexity index is 942. The molecule has 0 aliphatic rings. The van der Waals surface area contributed by atoms with Gasteiger partial charge < -0.3 is 4.74 Å². The molecule has 132 valence electrons. The standard InChI is InChI=1S/C17H13ClN4O4/c1-11(12-2-5-14(18)6-3-12)26-17(23)13-4-7-15(16(8-13)22(24)25)21-10-19-9-20-21/h2-11H,1H3. The summed E-state index contributed by atoms with van der Waals surface area (Å²) in [6.07, 6.45) is 2.07. The molecule has 0 spiro atoms. The molecule has 9 heteroatoms. The van der Waals surface area contributed by atoms with Gasteiger partial charge in [0.05, 0.1) is 10.5 Å². The number of ether oxygens (including phenoxy) is 1. The number of nitrogens with zero attached hydrogens (tertiary/aromatic N) is 4. The zero-order valence-corrected chi connectivity index (χ0v) is 14.3. The maximum absolute atomic E-state index is 12.4. The van der Waals surface area contributed by atoms with Gasteiger partial charge in [0.2, 0.25) is 0 Å². The van der Waals surface area contributed by atoms with Crippen LogP contribution in [0.5, 0.6) is 0 Å². The lowest BCUT2D eigenvalue weighted by Crippen LogP contribution is -2.10. The molecular formula is C17H13ClN4O4. The minimum Gasteiger partial charge on any atom is -0.454 e. The van der Waals surface area contributed by atoms with Gasteiger partial charge in [0.25, 0.3) is 5.69 Å². The number of esters is 1. The Hall–Kier alpha value is -3.26. The summed E-state index contributed by atoms with van der Waals surface area (Å²) in [6, 6.07) is 10.9. The van der Waals surface area contributed by atoms with Crippen molar-refractivity contribution in [2.75, 3.05) is 0 Å². The number of benzene rings is 2.